The number of nitrogens with zero attached hydrogens (tertiary/aromatic N) is 1. The van der Waals surface area contributed by atoms with Crippen molar-refractivity contribution < 1.29 is 19.1 Å². The zero-order valence-corrected chi connectivity index (χ0v) is 14.4. The Kier molecular flexibility index (Phi) is 4.57. The lowest BCUT2D eigenvalue weighted by Gasteiger charge is -2.28. The summed E-state index contributed by atoms with van der Waals surface area (Å²) in [5.74, 6) is -0.225. The summed E-state index contributed by atoms with van der Waals surface area (Å²) in [6, 6.07) is 12.3. The molecule has 0 aromatic heterocycles. The monoisotopic (exact) mass is 337 g/mol. The van der Waals surface area contributed by atoms with Crippen molar-refractivity contribution in [2.24, 2.45) is 0 Å². The number of carbonyl (C=O) groups is 2. The number of imide groups is 1. The first-order valence-electron chi connectivity index (χ1n) is 8.02. The van der Waals surface area contributed by atoms with Crippen LogP contribution in [0.4, 0.5) is 5.69 Å². The maximum Gasteiger partial charge on any atom is 0.269 e. The second-order valence-electron chi connectivity index (χ2n) is 5.68. The third kappa shape index (κ3) is 3.01. The molecule has 0 saturated heterocycles. The van der Waals surface area contributed by atoms with E-state index >= 15 is 0 Å². The van der Waals surface area contributed by atoms with Crippen LogP contribution in [0.1, 0.15) is 28.4 Å². The van der Waals surface area contributed by atoms with Gasteiger partial charge >= 0.3 is 0 Å². The van der Waals surface area contributed by atoms with Crippen molar-refractivity contribution in [2.75, 3.05) is 18.6 Å². The van der Waals surface area contributed by atoms with Gasteiger partial charge < -0.3 is 9.47 Å². The van der Waals surface area contributed by atoms with E-state index in [2.05, 4.69) is 0 Å². The molecule has 5 nitrogen and oxygen atoms in total. The molecule has 0 fully saturated rings. The maximum atomic E-state index is 13.0. The lowest BCUT2D eigenvalue weighted by molar-refractivity contribution is -0.113. The Morgan fingerprint density at radius 2 is 1.72 bits per heavy atom. The smallest absolute Gasteiger partial charge is 0.269 e. The molecule has 2 amide bonds. The third-order valence-electron chi connectivity index (χ3n) is 4.04. The van der Waals surface area contributed by atoms with Gasteiger partial charge in [0.2, 0.25) is 0 Å². The molecule has 128 valence electrons. The minimum Gasteiger partial charge on any atom is -0.501 e. The molecule has 1 aliphatic heterocycles. The van der Waals surface area contributed by atoms with Crippen molar-refractivity contribution in [1.82, 2.24) is 0 Å². The minimum absolute atomic E-state index is 0.347. The minimum atomic E-state index is -0.403. The Bertz CT molecular complexity index is 852. The number of rotatable bonds is 4. The number of hydrogen-bond acceptors (Lipinski definition) is 4. The third-order valence-corrected chi connectivity index (χ3v) is 4.04. The molecule has 0 unspecified atom stereocenters. The summed E-state index contributed by atoms with van der Waals surface area (Å²) in [6.45, 7) is 4.22. The van der Waals surface area contributed by atoms with Gasteiger partial charge in [0, 0.05) is 5.56 Å². The molecule has 0 radical (unpaired) electrons. The van der Waals surface area contributed by atoms with E-state index in [4.69, 9.17) is 9.47 Å². The second-order valence-corrected chi connectivity index (χ2v) is 5.68. The SMILES string of the molecule is CCO/C=C1\C(=O)N(c2ccc(C)cc2)C(=O)c2cc(OC)ccc21. The lowest BCUT2D eigenvalue weighted by Crippen LogP contribution is -2.42. The average molecular weight is 337 g/mol. The Labute approximate surface area is 146 Å². The molecule has 1 heterocycles. The standard InChI is InChI=1S/C20H19NO4/c1-4-25-12-18-16-10-9-15(24-3)11-17(16)19(22)21(20(18)23)14-7-5-13(2)6-8-14/h5-12H,4H2,1-3H3/b18-12-. The highest BCUT2D eigenvalue weighted by molar-refractivity contribution is 6.41. The highest BCUT2D eigenvalue weighted by Crippen LogP contribution is 2.34. The van der Waals surface area contributed by atoms with Gasteiger partial charge in [0.1, 0.15) is 5.75 Å². The van der Waals surface area contributed by atoms with E-state index in [1.165, 1.54) is 18.3 Å². The molecule has 0 atom stereocenters. The van der Waals surface area contributed by atoms with Crippen LogP contribution in [-0.2, 0) is 9.53 Å². The fourth-order valence-electron chi connectivity index (χ4n) is 2.72. The van der Waals surface area contributed by atoms with Crippen LogP contribution in [-0.4, -0.2) is 25.5 Å². The summed E-state index contributed by atoms with van der Waals surface area (Å²) in [5.41, 5.74) is 2.88. The van der Waals surface area contributed by atoms with E-state index in [1.807, 2.05) is 26.0 Å². The first-order valence-corrected chi connectivity index (χ1v) is 8.02. The van der Waals surface area contributed by atoms with Crippen molar-refractivity contribution >= 4 is 23.1 Å². The Morgan fingerprint density at radius 1 is 1.00 bits per heavy atom. The topological polar surface area (TPSA) is 55.8 Å². The Balaban J connectivity index is 2.17. The van der Waals surface area contributed by atoms with Crippen molar-refractivity contribution in [2.45, 2.75) is 13.8 Å². The molecule has 0 spiro atoms. The van der Waals surface area contributed by atoms with Crippen LogP contribution in [0, 0.1) is 6.92 Å². The van der Waals surface area contributed by atoms with Gasteiger partial charge in [-0.05, 0) is 44.2 Å². The highest BCUT2D eigenvalue weighted by atomic mass is 16.5. The molecule has 0 bridgehead atoms. The molecule has 0 aliphatic carbocycles. The molecule has 0 N–H and O–H groups in total. The number of aryl methyl sites for hydroxylation is 1. The average Bonchev–Trinajstić information content (AvgIpc) is 2.63. The van der Waals surface area contributed by atoms with Gasteiger partial charge in [-0.1, -0.05) is 17.7 Å². The summed E-state index contributed by atoms with van der Waals surface area (Å²) in [7, 11) is 1.54. The van der Waals surface area contributed by atoms with Gasteiger partial charge in [0.05, 0.1) is 36.8 Å². The number of fused-ring (bicyclic) bond motifs is 1. The van der Waals surface area contributed by atoms with Gasteiger partial charge in [-0.3, -0.25) is 9.59 Å². The van der Waals surface area contributed by atoms with Gasteiger partial charge in [-0.2, -0.15) is 0 Å². The summed E-state index contributed by atoms with van der Waals surface area (Å²) >= 11 is 0. The first-order chi connectivity index (χ1) is 12.1. The number of amides is 2. The summed E-state index contributed by atoms with van der Waals surface area (Å²) in [6.07, 6.45) is 1.42. The summed E-state index contributed by atoms with van der Waals surface area (Å²) in [5, 5.41) is 0. The molecule has 2 aromatic rings. The van der Waals surface area contributed by atoms with E-state index in [0.29, 0.717) is 34.7 Å². The van der Waals surface area contributed by atoms with E-state index in [-0.39, 0.29) is 5.91 Å². The first kappa shape index (κ1) is 16.8. The molecule has 25 heavy (non-hydrogen) atoms. The maximum absolute atomic E-state index is 13.0. The van der Waals surface area contributed by atoms with Crippen LogP contribution in [0.25, 0.3) is 5.57 Å². The zero-order valence-electron chi connectivity index (χ0n) is 14.4. The van der Waals surface area contributed by atoms with E-state index < -0.39 is 5.91 Å². The van der Waals surface area contributed by atoms with Gasteiger partial charge in [-0.15, -0.1) is 0 Å². The summed E-state index contributed by atoms with van der Waals surface area (Å²) < 4.78 is 10.6. The Hall–Kier alpha value is -3.08. The van der Waals surface area contributed by atoms with Crippen LogP contribution < -0.4 is 9.64 Å². The van der Waals surface area contributed by atoms with Crippen LogP contribution >= 0.6 is 0 Å². The fourth-order valence-corrected chi connectivity index (χ4v) is 2.72. The number of benzene rings is 2. The normalized spacial score (nSPS) is 15.3. The Morgan fingerprint density at radius 3 is 2.36 bits per heavy atom. The largest absolute Gasteiger partial charge is 0.501 e. The van der Waals surface area contributed by atoms with Crippen LogP contribution in [0.2, 0.25) is 0 Å². The number of anilines is 1. The second kappa shape index (κ2) is 6.81. The molecule has 1 aliphatic rings. The quantitative estimate of drug-likeness (QED) is 0.486. The van der Waals surface area contributed by atoms with Crippen LogP contribution in [0.3, 0.4) is 0 Å². The zero-order chi connectivity index (χ0) is 18.0. The van der Waals surface area contributed by atoms with Gasteiger partial charge in [-0.25, -0.2) is 4.90 Å². The van der Waals surface area contributed by atoms with Gasteiger partial charge in [0.25, 0.3) is 11.8 Å². The molecule has 5 heteroatoms. The highest BCUT2D eigenvalue weighted by Gasteiger charge is 2.36. The molecule has 2 aromatic carbocycles. The number of ether oxygens (including phenoxy) is 2. The molecular formula is C20H19NO4. The predicted molar refractivity (Wildman–Crippen MR) is 95.6 cm³/mol. The van der Waals surface area contributed by atoms with E-state index in [1.54, 1.807) is 30.3 Å². The molecular weight excluding hydrogens is 318 g/mol. The van der Waals surface area contributed by atoms with E-state index in [9.17, 15) is 9.59 Å². The molecule has 3 rings (SSSR count). The summed E-state index contributed by atoms with van der Waals surface area (Å²) in [4.78, 5) is 27.1. The van der Waals surface area contributed by atoms with Crippen LogP contribution in [0.15, 0.2) is 48.7 Å². The van der Waals surface area contributed by atoms with Crippen molar-refractivity contribution in [1.29, 1.82) is 0 Å². The number of hydrogen-bond donors (Lipinski definition) is 0. The number of methoxy groups -OCH3 is 1. The lowest BCUT2D eigenvalue weighted by atomic mass is 9.93. The van der Waals surface area contributed by atoms with Crippen LogP contribution in [0.5, 0.6) is 5.75 Å². The van der Waals surface area contributed by atoms with E-state index in [0.717, 1.165) is 5.56 Å². The fraction of sp³-hybridized carbons (Fsp3) is 0.200. The predicted octanol–water partition coefficient (Wildman–Crippen LogP) is 3.57. The molecule has 0 saturated carbocycles. The van der Waals surface area contributed by atoms with Crippen molar-refractivity contribution in [3.8, 4) is 5.75 Å². The van der Waals surface area contributed by atoms with Crippen molar-refractivity contribution in [3.05, 3.63) is 65.4 Å². The van der Waals surface area contributed by atoms with Gasteiger partial charge in [0.15, 0.2) is 0 Å². The number of carbonyl (C=O) groups excluding carboxylic acids is 2. The van der Waals surface area contributed by atoms with Crippen molar-refractivity contribution in [3.63, 3.8) is 0 Å².